The molecule has 1 aromatic carbocycles. The number of ether oxygens (including phenoxy) is 1. The van der Waals surface area contributed by atoms with Crippen LogP contribution in [0.5, 0.6) is 0 Å². The van der Waals surface area contributed by atoms with Crippen LogP contribution in [0, 0.1) is 11.7 Å². The van der Waals surface area contributed by atoms with Crippen molar-refractivity contribution in [1.29, 1.82) is 0 Å². The fourth-order valence-electron chi connectivity index (χ4n) is 2.80. The van der Waals surface area contributed by atoms with Crippen molar-refractivity contribution in [2.45, 2.75) is 45.3 Å². The molecule has 23 heavy (non-hydrogen) atoms. The lowest BCUT2D eigenvalue weighted by Crippen LogP contribution is -2.43. The molecule has 0 aliphatic carbocycles. The minimum atomic E-state index is -1.06. The van der Waals surface area contributed by atoms with Crippen LogP contribution >= 0.6 is 0 Å². The van der Waals surface area contributed by atoms with Gasteiger partial charge < -0.3 is 9.84 Å². The molecule has 5 nitrogen and oxygen atoms in total. The molecule has 1 aliphatic heterocycles. The second-order valence-corrected chi connectivity index (χ2v) is 6.88. The Morgan fingerprint density at radius 2 is 2.00 bits per heavy atom. The summed E-state index contributed by atoms with van der Waals surface area (Å²) in [5, 5.41) is 9.35. The number of hydrogen-bond donors (Lipinski definition) is 1. The highest BCUT2D eigenvalue weighted by molar-refractivity contribution is 5.81. The molecule has 1 heterocycles. The number of nitrogens with zero attached hydrogens (tertiary/aromatic N) is 1. The summed E-state index contributed by atoms with van der Waals surface area (Å²) in [4.78, 5) is 24.9. The molecule has 6 heteroatoms. The van der Waals surface area contributed by atoms with Crippen molar-refractivity contribution >= 4 is 12.1 Å². The van der Waals surface area contributed by atoms with Crippen molar-refractivity contribution in [3.63, 3.8) is 0 Å². The molecular weight excluding hydrogens is 301 g/mol. The average molecular weight is 323 g/mol. The van der Waals surface area contributed by atoms with Crippen molar-refractivity contribution < 1.29 is 23.8 Å². The van der Waals surface area contributed by atoms with Crippen LogP contribution in [0.15, 0.2) is 24.3 Å². The molecule has 2 rings (SSSR count). The highest BCUT2D eigenvalue weighted by Gasteiger charge is 2.41. The van der Waals surface area contributed by atoms with Gasteiger partial charge in [-0.1, -0.05) is 18.2 Å². The maximum absolute atomic E-state index is 13.8. The van der Waals surface area contributed by atoms with Crippen LogP contribution in [0.3, 0.4) is 0 Å². The smallest absolute Gasteiger partial charge is 0.411 e. The van der Waals surface area contributed by atoms with Gasteiger partial charge in [0.25, 0.3) is 0 Å². The molecule has 0 radical (unpaired) electrons. The van der Waals surface area contributed by atoms with Gasteiger partial charge in [0.15, 0.2) is 0 Å². The first-order valence-electron chi connectivity index (χ1n) is 7.63. The highest BCUT2D eigenvalue weighted by atomic mass is 19.1. The van der Waals surface area contributed by atoms with E-state index >= 15 is 0 Å². The van der Waals surface area contributed by atoms with Gasteiger partial charge in [-0.25, -0.2) is 14.0 Å². The summed E-state index contributed by atoms with van der Waals surface area (Å²) in [5.41, 5.74) is -0.156. The maximum Gasteiger partial charge on any atom is 0.411 e. The molecular formula is C17H22FNO4. The molecule has 1 saturated heterocycles. The Bertz CT molecular complexity index is 597. The molecule has 0 spiro atoms. The van der Waals surface area contributed by atoms with Crippen molar-refractivity contribution in [3.8, 4) is 0 Å². The third-order valence-corrected chi connectivity index (χ3v) is 3.77. The minimum absolute atomic E-state index is 0.111. The van der Waals surface area contributed by atoms with Crippen LogP contribution in [-0.4, -0.2) is 40.3 Å². The number of halogens is 1. The van der Waals surface area contributed by atoms with Gasteiger partial charge in [-0.15, -0.1) is 0 Å². The van der Waals surface area contributed by atoms with Crippen molar-refractivity contribution in [2.75, 3.05) is 6.54 Å². The molecule has 0 unspecified atom stereocenters. The van der Waals surface area contributed by atoms with Gasteiger partial charge in [0.2, 0.25) is 0 Å². The monoisotopic (exact) mass is 323 g/mol. The van der Waals surface area contributed by atoms with Gasteiger partial charge in [0.05, 0.1) is 0 Å². The fourth-order valence-corrected chi connectivity index (χ4v) is 2.80. The third kappa shape index (κ3) is 4.43. The SMILES string of the molecule is CC(C)(C)OC(=O)N1C[C@@H](Cc2ccccc2F)C[C@H]1C(=O)O. The molecule has 1 aliphatic rings. The van der Waals surface area contributed by atoms with Gasteiger partial charge in [-0.2, -0.15) is 0 Å². The van der Waals surface area contributed by atoms with Crippen molar-refractivity contribution in [2.24, 2.45) is 5.92 Å². The Hall–Kier alpha value is -2.11. The van der Waals surface area contributed by atoms with E-state index in [4.69, 9.17) is 4.74 Å². The second kappa shape index (κ2) is 6.56. The number of amides is 1. The van der Waals surface area contributed by atoms with Gasteiger partial charge in [0.1, 0.15) is 17.5 Å². The van der Waals surface area contributed by atoms with Crippen molar-refractivity contribution in [1.82, 2.24) is 4.90 Å². The summed E-state index contributed by atoms with van der Waals surface area (Å²) in [5.74, 6) is -1.48. The summed E-state index contributed by atoms with van der Waals surface area (Å²) in [7, 11) is 0. The first kappa shape index (κ1) is 17.2. The van der Waals surface area contributed by atoms with Gasteiger partial charge in [-0.05, 0) is 51.2 Å². The van der Waals surface area contributed by atoms with E-state index in [0.29, 0.717) is 18.4 Å². The van der Waals surface area contributed by atoms with Crippen LogP contribution < -0.4 is 0 Å². The predicted molar refractivity (Wildman–Crippen MR) is 82.6 cm³/mol. The van der Waals surface area contributed by atoms with E-state index in [-0.39, 0.29) is 18.3 Å². The molecule has 126 valence electrons. The molecule has 2 atom stereocenters. The summed E-state index contributed by atoms with van der Waals surface area (Å²) in [6.07, 6.45) is 0.0551. The molecule has 0 saturated carbocycles. The Labute approximate surface area is 135 Å². The number of carbonyl (C=O) groups is 2. The number of carbonyl (C=O) groups excluding carboxylic acids is 1. The zero-order valence-corrected chi connectivity index (χ0v) is 13.6. The third-order valence-electron chi connectivity index (χ3n) is 3.77. The van der Waals surface area contributed by atoms with E-state index in [9.17, 15) is 19.1 Å². The van der Waals surface area contributed by atoms with Crippen LogP contribution in [0.25, 0.3) is 0 Å². The zero-order valence-electron chi connectivity index (χ0n) is 13.6. The Kier molecular flexibility index (Phi) is 4.92. The molecule has 1 aromatic rings. The summed E-state index contributed by atoms with van der Waals surface area (Å²) < 4.78 is 19.0. The Balaban J connectivity index is 2.10. The average Bonchev–Trinajstić information content (AvgIpc) is 2.84. The van der Waals surface area contributed by atoms with E-state index in [2.05, 4.69) is 0 Å². The fraction of sp³-hybridized carbons (Fsp3) is 0.529. The zero-order chi connectivity index (χ0) is 17.2. The number of benzene rings is 1. The van der Waals surface area contributed by atoms with Crippen LogP contribution in [-0.2, 0) is 16.0 Å². The molecule has 0 bridgehead atoms. The van der Waals surface area contributed by atoms with E-state index in [1.807, 2.05) is 0 Å². The standard InChI is InChI=1S/C17H22FNO4/c1-17(2,3)23-16(22)19-10-11(9-14(19)15(20)21)8-12-6-4-5-7-13(12)18/h4-7,11,14H,8-10H2,1-3H3,(H,20,21)/t11-,14-/m0/s1. The second-order valence-electron chi connectivity index (χ2n) is 6.88. The van der Waals surface area contributed by atoms with E-state index in [1.54, 1.807) is 39.0 Å². The number of carboxylic acid groups (broad SMARTS) is 1. The molecule has 1 fully saturated rings. The van der Waals surface area contributed by atoms with E-state index in [1.165, 1.54) is 11.0 Å². The van der Waals surface area contributed by atoms with E-state index < -0.39 is 23.7 Å². The number of carboxylic acids is 1. The largest absolute Gasteiger partial charge is 0.480 e. The summed E-state index contributed by atoms with van der Waals surface area (Å²) in [6, 6.07) is 5.49. The summed E-state index contributed by atoms with van der Waals surface area (Å²) >= 11 is 0. The number of hydrogen-bond acceptors (Lipinski definition) is 3. The highest BCUT2D eigenvalue weighted by Crippen LogP contribution is 2.29. The Morgan fingerprint density at radius 3 is 2.57 bits per heavy atom. The minimum Gasteiger partial charge on any atom is -0.480 e. The van der Waals surface area contributed by atoms with Gasteiger partial charge >= 0.3 is 12.1 Å². The van der Waals surface area contributed by atoms with Crippen molar-refractivity contribution in [3.05, 3.63) is 35.6 Å². The van der Waals surface area contributed by atoms with Crippen LogP contribution in [0.2, 0.25) is 0 Å². The molecule has 1 amide bonds. The summed E-state index contributed by atoms with van der Waals surface area (Å²) in [6.45, 7) is 5.44. The lowest BCUT2D eigenvalue weighted by Gasteiger charge is -2.26. The first-order valence-corrected chi connectivity index (χ1v) is 7.63. The van der Waals surface area contributed by atoms with Gasteiger partial charge in [0, 0.05) is 6.54 Å². The predicted octanol–water partition coefficient (Wildman–Crippen LogP) is 3.08. The quantitative estimate of drug-likeness (QED) is 0.928. The maximum atomic E-state index is 13.8. The Morgan fingerprint density at radius 1 is 1.35 bits per heavy atom. The lowest BCUT2D eigenvalue weighted by atomic mass is 9.96. The number of likely N-dealkylation sites (tertiary alicyclic amines) is 1. The first-order chi connectivity index (χ1) is 10.7. The number of aliphatic carboxylic acids is 1. The van der Waals surface area contributed by atoms with Crippen LogP contribution in [0.1, 0.15) is 32.8 Å². The topological polar surface area (TPSA) is 66.8 Å². The number of rotatable bonds is 3. The molecule has 0 aromatic heterocycles. The van der Waals surface area contributed by atoms with Crippen LogP contribution in [0.4, 0.5) is 9.18 Å². The van der Waals surface area contributed by atoms with E-state index in [0.717, 1.165) is 0 Å². The lowest BCUT2D eigenvalue weighted by molar-refractivity contribution is -0.142. The molecule has 1 N–H and O–H groups in total. The normalized spacial score (nSPS) is 21.3. The van der Waals surface area contributed by atoms with Gasteiger partial charge in [-0.3, -0.25) is 4.90 Å².